The molecule has 0 saturated heterocycles. The molecule has 1 atom stereocenters. The lowest BCUT2D eigenvalue weighted by molar-refractivity contribution is -0.144. The van der Waals surface area contributed by atoms with Crippen molar-refractivity contribution in [3.05, 3.63) is 0 Å². The fourth-order valence-electron chi connectivity index (χ4n) is 1.24. The fraction of sp³-hybridized carbons (Fsp3) is 0.909. The Bertz CT molecular complexity index is 181. The van der Waals surface area contributed by atoms with E-state index in [0.29, 0.717) is 13.0 Å². The van der Waals surface area contributed by atoms with Gasteiger partial charge >= 0.3 is 5.97 Å². The predicted octanol–water partition coefficient (Wildman–Crippen LogP) is 1.34. The number of ether oxygens (including phenoxy) is 2. The van der Waals surface area contributed by atoms with Crippen molar-refractivity contribution < 1.29 is 14.3 Å². The summed E-state index contributed by atoms with van der Waals surface area (Å²) in [4.78, 5) is 11.4. The first kappa shape index (κ1) is 14.4. The van der Waals surface area contributed by atoms with Crippen LogP contribution in [0.5, 0.6) is 0 Å². The predicted molar refractivity (Wildman–Crippen MR) is 59.8 cm³/mol. The number of hydrogen-bond donors (Lipinski definition) is 1. The third-order valence-electron chi connectivity index (χ3n) is 1.88. The van der Waals surface area contributed by atoms with Crippen LogP contribution in [0.1, 0.15) is 34.1 Å². The molecule has 0 aliphatic carbocycles. The van der Waals surface area contributed by atoms with Gasteiger partial charge in [0.15, 0.2) is 0 Å². The Kier molecular flexibility index (Phi) is 7.34. The van der Waals surface area contributed by atoms with Crippen LogP contribution in [0.25, 0.3) is 0 Å². The summed E-state index contributed by atoms with van der Waals surface area (Å²) in [5.41, 5.74) is 0. The van der Waals surface area contributed by atoms with Gasteiger partial charge in [0, 0.05) is 12.6 Å². The molecule has 0 aliphatic heterocycles. The van der Waals surface area contributed by atoms with E-state index in [-0.39, 0.29) is 24.2 Å². The van der Waals surface area contributed by atoms with Crippen molar-refractivity contribution in [1.29, 1.82) is 0 Å². The zero-order valence-electron chi connectivity index (χ0n) is 10.4. The maximum atomic E-state index is 11.4. The second kappa shape index (κ2) is 7.65. The van der Waals surface area contributed by atoms with Crippen molar-refractivity contribution in [3.63, 3.8) is 0 Å². The average molecular weight is 217 g/mol. The summed E-state index contributed by atoms with van der Waals surface area (Å²) in [7, 11) is 1.40. The third kappa shape index (κ3) is 7.33. The number of esters is 1. The van der Waals surface area contributed by atoms with Gasteiger partial charge in [-0.3, -0.25) is 4.79 Å². The van der Waals surface area contributed by atoms with Crippen LogP contribution < -0.4 is 5.32 Å². The van der Waals surface area contributed by atoms with E-state index in [9.17, 15) is 4.79 Å². The molecule has 0 fully saturated rings. The van der Waals surface area contributed by atoms with Gasteiger partial charge in [0.05, 0.1) is 13.2 Å². The van der Waals surface area contributed by atoms with Crippen LogP contribution in [0.15, 0.2) is 0 Å². The Morgan fingerprint density at radius 1 is 1.27 bits per heavy atom. The minimum Gasteiger partial charge on any atom is -0.468 e. The molecule has 0 rings (SSSR count). The van der Waals surface area contributed by atoms with E-state index in [4.69, 9.17) is 9.47 Å². The Morgan fingerprint density at radius 2 is 1.87 bits per heavy atom. The summed E-state index contributed by atoms with van der Waals surface area (Å²) < 4.78 is 10.1. The highest BCUT2D eigenvalue weighted by Crippen LogP contribution is 2.00. The summed E-state index contributed by atoms with van der Waals surface area (Å²) in [6, 6.07) is -0.0121. The number of carbonyl (C=O) groups excluding carboxylic acids is 1. The Labute approximate surface area is 92.3 Å². The number of rotatable bonds is 7. The monoisotopic (exact) mass is 217 g/mol. The lowest BCUT2D eigenvalue weighted by atomic mass is 10.2. The van der Waals surface area contributed by atoms with E-state index in [2.05, 4.69) is 5.32 Å². The Morgan fingerprint density at radius 3 is 2.27 bits per heavy atom. The lowest BCUT2D eigenvalue weighted by Crippen LogP contribution is -2.42. The van der Waals surface area contributed by atoms with Gasteiger partial charge < -0.3 is 14.8 Å². The highest BCUT2D eigenvalue weighted by atomic mass is 16.5. The molecule has 0 heterocycles. The summed E-state index contributed by atoms with van der Waals surface area (Å²) in [6.45, 7) is 8.52. The van der Waals surface area contributed by atoms with Gasteiger partial charge in [-0.2, -0.15) is 0 Å². The SMILES string of the molecule is COC(=O)C(CCOC(C)C)NC(C)C. The summed E-state index contributed by atoms with van der Waals surface area (Å²) in [5, 5.41) is 3.15. The maximum absolute atomic E-state index is 11.4. The fourth-order valence-corrected chi connectivity index (χ4v) is 1.24. The molecule has 90 valence electrons. The average Bonchev–Trinajstić information content (AvgIpc) is 2.14. The molecule has 15 heavy (non-hydrogen) atoms. The molecule has 1 unspecified atom stereocenters. The first-order valence-electron chi connectivity index (χ1n) is 5.42. The van der Waals surface area contributed by atoms with Crippen molar-refractivity contribution in [1.82, 2.24) is 5.32 Å². The molecule has 4 heteroatoms. The van der Waals surface area contributed by atoms with Crippen molar-refractivity contribution >= 4 is 5.97 Å². The molecular weight excluding hydrogens is 194 g/mol. The molecular formula is C11H23NO3. The van der Waals surface area contributed by atoms with Crippen LogP contribution in [0, 0.1) is 0 Å². The first-order valence-corrected chi connectivity index (χ1v) is 5.42. The second-order valence-electron chi connectivity index (χ2n) is 4.11. The van der Waals surface area contributed by atoms with E-state index in [1.807, 2.05) is 27.7 Å². The Balaban J connectivity index is 3.96. The standard InChI is InChI=1S/C11H23NO3/c1-8(2)12-10(11(13)14-5)6-7-15-9(3)4/h8-10,12H,6-7H2,1-5H3. The largest absolute Gasteiger partial charge is 0.468 e. The van der Waals surface area contributed by atoms with Crippen LogP contribution in [-0.4, -0.2) is 37.9 Å². The third-order valence-corrected chi connectivity index (χ3v) is 1.88. The molecule has 0 bridgehead atoms. The van der Waals surface area contributed by atoms with Crippen molar-refractivity contribution in [2.24, 2.45) is 0 Å². The molecule has 0 spiro atoms. The van der Waals surface area contributed by atoms with Crippen molar-refractivity contribution in [2.75, 3.05) is 13.7 Å². The van der Waals surface area contributed by atoms with Crippen LogP contribution in [0.3, 0.4) is 0 Å². The molecule has 0 radical (unpaired) electrons. The molecule has 0 aromatic rings. The molecule has 0 aliphatic rings. The number of carbonyl (C=O) groups is 1. The van der Waals surface area contributed by atoms with Gasteiger partial charge in [0.25, 0.3) is 0 Å². The number of methoxy groups -OCH3 is 1. The van der Waals surface area contributed by atoms with E-state index in [1.165, 1.54) is 7.11 Å². The van der Waals surface area contributed by atoms with Gasteiger partial charge in [-0.05, 0) is 20.3 Å². The van der Waals surface area contributed by atoms with Gasteiger partial charge in [0.1, 0.15) is 6.04 Å². The zero-order valence-corrected chi connectivity index (χ0v) is 10.4. The highest BCUT2D eigenvalue weighted by molar-refractivity contribution is 5.75. The van der Waals surface area contributed by atoms with Crippen LogP contribution >= 0.6 is 0 Å². The lowest BCUT2D eigenvalue weighted by Gasteiger charge is -2.19. The van der Waals surface area contributed by atoms with Crippen molar-refractivity contribution in [3.8, 4) is 0 Å². The normalized spacial score (nSPS) is 13.3. The number of nitrogens with one attached hydrogen (secondary N) is 1. The van der Waals surface area contributed by atoms with Gasteiger partial charge in [0.2, 0.25) is 0 Å². The van der Waals surface area contributed by atoms with E-state index >= 15 is 0 Å². The number of hydrogen-bond acceptors (Lipinski definition) is 4. The van der Waals surface area contributed by atoms with Crippen LogP contribution in [-0.2, 0) is 14.3 Å². The molecule has 0 aromatic heterocycles. The second-order valence-corrected chi connectivity index (χ2v) is 4.11. The quantitative estimate of drug-likeness (QED) is 0.654. The Hall–Kier alpha value is -0.610. The summed E-state index contributed by atoms with van der Waals surface area (Å²) in [5.74, 6) is -0.226. The minimum absolute atomic E-state index is 0.197. The van der Waals surface area contributed by atoms with E-state index in [1.54, 1.807) is 0 Å². The van der Waals surface area contributed by atoms with Crippen molar-refractivity contribution in [2.45, 2.75) is 52.3 Å². The minimum atomic E-state index is -0.270. The van der Waals surface area contributed by atoms with Gasteiger partial charge in [-0.25, -0.2) is 0 Å². The topological polar surface area (TPSA) is 47.6 Å². The smallest absolute Gasteiger partial charge is 0.322 e. The molecule has 0 amide bonds. The highest BCUT2D eigenvalue weighted by Gasteiger charge is 2.19. The van der Waals surface area contributed by atoms with Gasteiger partial charge in [-0.1, -0.05) is 13.8 Å². The van der Waals surface area contributed by atoms with Gasteiger partial charge in [-0.15, -0.1) is 0 Å². The summed E-state index contributed by atoms with van der Waals surface area (Å²) in [6.07, 6.45) is 0.839. The molecule has 0 aromatic carbocycles. The van der Waals surface area contributed by atoms with E-state index in [0.717, 1.165) is 0 Å². The maximum Gasteiger partial charge on any atom is 0.322 e. The van der Waals surface area contributed by atoms with Crippen LogP contribution in [0.2, 0.25) is 0 Å². The molecule has 4 nitrogen and oxygen atoms in total. The van der Waals surface area contributed by atoms with Crippen LogP contribution in [0.4, 0.5) is 0 Å². The first-order chi connectivity index (χ1) is 6.97. The molecule has 1 N–H and O–H groups in total. The molecule has 0 saturated carbocycles. The zero-order chi connectivity index (χ0) is 11.8. The van der Waals surface area contributed by atoms with E-state index < -0.39 is 0 Å². The summed E-state index contributed by atoms with van der Waals surface area (Å²) >= 11 is 0.